The normalized spacial score (nSPS) is 16.0. The molecule has 1 amide bonds. The predicted octanol–water partition coefficient (Wildman–Crippen LogP) is 2.68. The Morgan fingerprint density at radius 2 is 1.91 bits per heavy atom. The summed E-state index contributed by atoms with van der Waals surface area (Å²) in [5.41, 5.74) is 6.92. The van der Waals surface area contributed by atoms with Gasteiger partial charge in [0.1, 0.15) is 0 Å². The van der Waals surface area contributed by atoms with Crippen molar-refractivity contribution < 1.29 is 9.32 Å². The number of piperidine rings is 1. The van der Waals surface area contributed by atoms with Gasteiger partial charge < -0.3 is 15.2 Å². The summed E-state index contributed by atoms with van der Waals surface area (Å²) in [4.78, 5) is 17.9. The monoisotopic (exact) mass is 314 g/mol. The van der Waals surface area contributed by atoms with E-state index < -0.39 is 5.91 Å². The van der Waals surface area contributed by atoms with Gasteiger partial charge in [-0.2, -0.15) is 4.98 Å². The molecule has 1 saturated heterocycles. The minimum atomic E-state index is -0.396. The summed E-state index contributed by atoms with van der Waals surface area (Å²) in [6.07, 6.45) is 1.97. The summed E-state index contributed by atoms with van der Waals surface area (Å²) in [6.45, 7) is 5.99. The van der Waals surface area contributed by atoms with E-state index in [-0.39, 0.29) is 5.92 Å². The number of carbonyl (C=O) groups is 1. The Kier molecular flexibility index (Phi) is 4.32. The minimum Gasteiger partial charge on any atom is -0.371 e. The third-order valence-electron chi connectivity index (χ3n) is 4.34. The second-order valence-corrected chi connectivity index (χ2v) is 6.32. The molecule has 3 rings (SSSR count). The van der Waals surface area contributed by atoms with Gasteiger partial charge in [0.05, 0.1) is 0 Å². The van der Waals surface area contributed by atoms with E-state index >= 15 is 0 Å². The zero-order valence-electron chi connectivity index (χ0n) is 13.5. The smallest absolute Gasteiger partial charge is 0.248 e. The summed E-state index contributed by atoms with van der Waals surface area (Å²) in [5.74, 6) is 1.77. The third kappa shape index (κ3) is 3.36. The second-order valence-electron chi connectivity index (χ2n) is 6.32. The van der Waals surface area contributed by atoms with Gasteiger partial charge >= 0.3 is 0 Å². The van der Waals surface area contributed by atoms with Crippen LogP contribution >= 0.6 is 0 Å². The van der Waals surface area contributed by atoms with Gasteiger partial charge in [-0.25, -0.2) is 0 Å². The number of rotatable bonds is 4. The summed E-state index contributed by atoms with van der Waals surface area (Å²) in [5, 5.41) is 4.05. The number of nitrogens with two attached hydrogens (primary N) is 1. The first-order valence-electron chi connectivity index (χ1n) is 8.03. The van der Waals surface area contributed by atoms with E-state index in [4.69, 9.17) is 10.3 Å². The molecule has 1 aliphatic heterocycles. The van der Waals surface area contributed by atoms with Crippen molar-refractivity contribution in [2.24, 2.45) is 5.73 Å². The molecule has 0 bridgehead atoms. The van der Waals surface area contributed by atoms with Crippen molar-refractivity contribution in [3.05, 3.63) is 41.5 Å². The van der Waals surface area contributed by atoms with Crippen LogP contribution in [0.25, 0.3) is 0 Å². The van der Waals surface area contributed by atoms with Gasteiger partial charge in [-0.1, -0.05) is 19.0 Å². The lowest BCUT2D eigenvalue weighted by atomic mass is 9.96. The largest absolute Gasteiger partial charge is 0.371 e. The predicted molar refractivity (Wildman–Crippen MR) is 87.5 cm³/mol. The Labute approximate surface area is 135 Å². The molecule has 6 nitrogen and oxygen atoms in total. The van der Waals surface area contributed by atoms with Crippen molar-refractivity contribution >= 4 is 11.6 Å². The number of amides is 1. The second kappa shape index (κ2) is 6.40. The molecule has 23 heavy (non-hydrogen) atoms. The molecule has 1 aromatic heterocycles. The van der Waals surface area contributed by atoms with Crippen molar-refractivity contribution in [2.75, 3.05) is 18.0 Å². The van der Waals surface area contributed by atoms with Gasteiger partial charge in [0.15, 0.2) is 5.82 Å². The number of hydrogen-bond donors (Lipinski definition) is 1. The summed E-state index contributed by atoms with van der Waals surface area (Å²) in [7, 11) is 0. The highest BCUT2D eigenvalue weighted by atomic mass is 16.5. The summed E-state index contributed by atoms with van der Waals surface area (Å²) < 4.78 is 5.42. The number of aromatic nitrogens is 2. The van der Waals surface area contributed by atoms with Crippen LogP contribution in [-0.2, 0) is 0 Å². The van der Waals surface area contributed by atoms with E-state index in [1.165, 1.54) is 0 Å². The number of carbonyl (C=O) groups excluding carboxylic acids is 1. The van der Waals surface area contributed by atoms with Crippen molar-refractivity contribution in [3.63, 3.8) is 0 Å². The van der Waals surface area contributed by atoms with Crippen molar-refractivity contribution in [1.29, 1.82) is 0 Å². The van der Waals surface area contributed by atoms with Crippen molar-refractivity contribution in [2.45, 2.75) is 38.5 Å². The van der Waals surface area contributed by atoms with Crippen LogP contribution in [0.15, 0.2) is 28.8 Å². The third-order valence-corrected chi connectivity index (χ3v) is 4.34. The van der Waals surface area contributed by atoms with Gasteiger partial charge in [0, 0.05) is 36.2 Å². The van der Waals surface area contributed by atoms with Gasteiger partial charge in [0.25, 0.3) is 0 Å². The molecule has 0 radical (unpaired) electrons. The van der Waals surface area contributed by atoms with Crippen molar-refractivity contribution in [3.8, 4) is 0 Å². The van der Waals surface area contributed by atoms with Gasteiger partial charge in [-0.15, -0.1) is 0 Å². The van der Waals surface area contributed by atoms with E-state index in [0.717, 1.165) is 43.3 Å². The van der Waals surface area contributed by atoms with Crippen LogP contribution in [0.3, 0.4) is 0 Å². The zero-order valence-corrected chi connectivity index (χ0v) is 13.5. The van der Waals surface area contributed by atoms with Crippen LogP contribution in [0, 0.1) is 0 Å². The molecule has 0 spiro atoms. The molecule has 6 heteroatoms. The molecular formula is C17H22N4O2. The quantitative estimate of drug-likeness (QED) is 0.937. The number of anilines is 1. The average molecular weight is 314 g/mol. The van der Waals surface area contributed by atoms with E-state index in [2.05, 4.69) is 28.9 Å². The van der Waals surface area contributed by atoms with Gasteiger partial charge in [-0.05, 0) is 37.1 Å². The van der Waals surface area contributed by atoms with Gasteiger partial charge in [0.2, 0.25) is 11.8 Å². The molecule has 2 aromatic rings. The number of nitrogens with zero attached hydrogens (tertiary/aromatic N) is 3. The number of benzene rings is 1. The zero-order chi connectivity index (χ0) is 16.4. The first-order valence-corrected chi connectivity index (χ1v) is 8.03. The fourth-order valence-electron chi connectivity index (χ4n) is 2.87. The van der Waals surface area contributed by atoms with Crippen LogP contribution in [0.5, 0.6) is 0 Å². The standard InChI is InChI=1S/C17H22N4O2/c1-11(2)16-19-17(23-20-16)13-7-9-21(10-8-13)14-5-3-12(4-6-14)15(18)22/h3-6,11,13H,7-10H2,1-2H3,(H2,18,22). The van der Waals surface area contributed by atoms with Gasteiger partial charge in [-0.3, -0.25) is 4.79 Å². The highest BCUT2D eigenvalue weighted by Crippen LogP contribution is 2.30. The lowest BCUT2D eigenvalue weighted by molar-refractivity contribution is 0.100. The Hall–Kier alpha value is -2.37. The molecule has 2 heterocycles. The van der Waals surface area contributed by atoms with Crippen LogP contribution in [0.2, 0.25) is 0 Å². The van der Waals surface area contributed by atoms with Crippen LogP contribution in [0.1, 0.15) is 60.6 Å². The Morgan fingerprint density at radius 1 is 1.26 bits per heavy atom. The molecule has 0 saturated carbocycles. The summed E-state index contributed by atoms with van der Waals surface area (Å²) in [6, 6.07) is 7.45. The first kappa shape index (κ1) is 15.5. The van der Waals surface area contributed by atoms with E-state index in [1.54, 1.807) is 12.1 Å². The molecule has 1 aromatic carbocycles. The van der Waals surface area contributed by atoms with Crippen molar-refractivity contribution in [1.82, 2.24) is 10.1 Å². The molecule has 0 unspecified atom stereocenters. The lowest BCUT2D eigenvalue weighted by Crippen LogP contribution is -2.33. The molecule has 2 N–H and O–H groups in total. The average Bonchev–Trinajstić information content (AvgIpc) is 3.05. The van der Waals surface area contributed by atoms with Crippen LogP contribution in [-0.4, -0.2) is 29.1 Å². The van der Waals surface area contributed by atoms with Crippen LogP contribution < -0.4 is 10.6 Å². The fraction of sp³-hybridized carbons (Fsp3) is 0.471. The molecule has 0 atom stereocenters. The maximum atomic E-state index is 11.1. The Bertz CT molecular complexity index is 670. The number of hydrogen-bond acceptors (Lipinski definition) is 5. The van der Waals surface area contributed by atoms with E-state index in [1.807, 2.05) is 12.1 Å². The Balaban J connectivity index is 1.62. The first-order chi connectivity index (χ1) is 11.0. The maximum absolute atomic E-state index is 11.1. The highest BCUT2D eigenvalue weighted by Gasteiger charge is 2.25. The SMILES string of the molecule is CC(C)c1noc(C2CCN(c3ccc(C(N)=O)cc3)CC2)n1. The maximum Gasteiger partial charge on any atom is 0.248 e. The fourth-order valence-corrected chi connectivity index (χ4v) is 2.87. The van der Waals surface area contributed by atoms with Crippen LogP contribution in [0.4, 0.5) is 5.69 Å². The number of primary amides is 1. The lowest BCUT2D eigenvalue weighted by Gasteiger charge is -2.32. The molecular weight excluding hydrogens is 292 g/mol. The molecule has 122 valence electrons. The van der Waals surface area contributed by atoms with E-state index in [9.17, 15) is 4.79 Å². The van der Waals surface area contributed by atoms with E-state index in [0.29, 0.717) is 11.5 Å². The summed E-state index contributed by atoms with van der Waals surface area (Å²) >= 11 is 0. The molecule has 1 fully saturated rings. The highest BCUT2D eigenvalue weighted by molar-refractivity contribution is 5.93. The molecule has 0 aliphatic carbocycles. The Morgan fingerprint density at radius 3 is 2.43 bits per heavy atom. The minimum absolute atomic E-state index is 0.288. The molecule has 1 aliphatic rings. The topological polar surface area (TPSA) is 85.3 Å².